The van der Waals surface area contributed by atoms with Crippen LogP contribution in [0.25, 0.3) is 11.3 Å². The fourth-order valence-electron chi connectivity index (χ4n) is 6.41. The standard InChI is InChI=1S/C36H31BrN6O6/c37-31-22(8-11-25-30(31)36(48)43(35(25)47)27-13-15-29(44)40-34(27)46)20-41-16-18-42(19-17-41)28-14-12-26(33(38)45)32(39-28)21-6-9-24(10-7-21)49-23-4-2-1-3-5-23/h1-12,14,27H,13,15-20H2,(H2,38,45)(H,40,44,46). The molecule has 1 aromatic heterocycles. The van der Waals surface area contributed by atoms with Crippen LogP contribution in [0.3, 0.4) is 0 Å². The largest absolute Gasteiger partial charge is 0.457 e. The van der Waals surface area contributed by atoms with Crippen LogP contribution in [-0.2, 0) is 16.1 Å². The number of aromatic nitrogens is 1. The van der Waals surface area contributed by atoms with Crippen molar-refractivity contribution in [2.45, 2.75) is 25.4 Å². The maximum Gasteiger partial charge on any atom is 0.263 e. The number of primary amides is 1. The third-order valence-electron chi connectivity index (χ3n) is 8.97. The highest BCUT2D eigenvalue weighted by Gasteiger charge is 2.45. The summed E-state index contributed by atoms with van der Waals surface area (Å²) in [6, 6.07) is 22.8. The number of nitrogens with zero attached hydrogens (tertiary/aromatic N) is 4. The fraction of sp³-hybridized carbons (Fsp3) is 0.222. The van der Waals surface area contributed by atoms with Crippen molar-refractivity contribution in [2.75, 3.05) is 31.1 Å². The van der Waals surface area contributed by atoms with Crippen molar-refractivity contribution in [3.05, 3.63) is 106 Å². The summed E-state index contributed by atoms with van der Waals surface area (Å²) in [4.78, 5) is 73.2. The number of rotatable bonds is 8. The van der Waals surface area contributed by atoms with Crippen molar-refractivity contribution >= 4 is 51.3 Å². The summed E-state index contributed by atoms with van der Waals surface area (Å²) in [5, 5.41) is 2.22. The molecule has 5 amide bonds. The Morgan fingerprint density at radius 2 is 1.59 bits per heavy atom. The minimum Gasteiger partial charge on any atom is -0.457 e. The van der Waals surface area contributed by atoms with E-state index in [1.165, 1.54) is 0 Å². The van der Waals surface area contributed by atoms with E-state index in [9.17, 15) is 24.0 Å². The SMILES string of the molecule is NC(=O)c1ccc(N2CCN(Cc3ccc4c(c3Br)C(=O)N(C3CCC(=O)NC3=O)C4=O)CC2)nc1-c1ccc(Oc2ccccc2)cc1. The minimum absolute atomic E-state index is 0.0616. The molecule has 3 aliphatic heterocycles. The monoisotopic (exact) mass is 722 g/mol. The van der Waals surface area contributed by atoms with Gasteiger partial charge in [0.25, 0.3) is 17.7 Å². The zero-order valence-corrected chi connectivity index (χ0v) is 27.8. The van der Waals surface area contributed by atoms with E-state index in [4.69, 9.17) is 15.5 Å². The lowest BCUT2D eigenvalue weighted by Crippen LogP contribution is -2.54. The van der Waals surface area contributed by atoms with Crippen LogP contribution in [-0.4, -0.2) is 76.5 Å². The molecule has 1 atom stereocenters. The predicted octanol–water partition coefficient (Wildman–Crippen LogP) is 4.13. The Kier molecular flexibility index (Phi) is 8.69. The first-order valence-electron chi connectivity index (χ1n) is 15.8. The Bertz CT molecular complexity index is 2000. The van der Waals surface area contributed by atoms with E-state index in [0.717, 1.165) is 27.6 Å². The van der Waals surface area contributed by atoms with Gasteiger partial charge in [-0.2, -0.15) is 0 Å². The van der Waals surface area contributed by atoms with Crippen molar-refractivity contribution in [1.29, 1.82) is 0 Å². The number of hydrogen-bond donors (Lipinski definition) is 2. The van der Waals surface area contributed by atoms with Gasteiger partial charge in [0.1, 0.15) is 23.4 Å². The fourth-order valence-corrected chi connectivity index (χ4v) is 7.05. The molecule has 0 spiro atoms. The molecular weight excluding hydrogens is 692 g/mol. The average Bonchev–Trinajstić information content (AvgIpc) is 3.36. The van der Waals surface area contributed by atoms with Crippen molar-refractivity contribution in [3.8, 4) is 22.8 Å². The molecule has 7 rings (SSSR count). The maximum absolute atomic E-state index is 13.4. The highest BCUT2D eigenvalue weighted by molar-refractivity contribution is 9.10. The minimum atomic E-state index is -1.02. The molecule has 3 aliphatic rings. The molecule has 2 fully saturated rings. The number of para-hydroxylation sites is 1. The van der Waals surface area contributed by atoms with E-state index in [1.807, 2.05) is 60.7 Å². The molecule has 248 valence electrons. The summed E-state index contributed by atoms with van der Waals surface area (Å²) >= 11 is 3.57. The molecular formula is C36H31BrN6O6. The summed E-state index contributed by atoms with van der Waals surface area (Å²) in [5.41, 5.74) is 8.58. The Labute approximate surface area is 290 Å². The van der Waals surface area contributed by atoms with Crippen molar-refractivity contribution in [2.24, 2.45) is 5.73 Å². The lowest BCUT2D eigenvalue weighted by Gasteiger charge is -2.36. The Hall–Kier alpha value is -5.40. The maximum atomic E-state index is 13.4. The van der Waals surface area contributed by atoms with Crippen LogP contribution < -0.4 is 20.7 Å². The smallest absolute Gasteiger partial charge is 0.263 e. The highest BCUT2D eigenvalue weighted by atomic mass is 79.9. The number of hydrogen-bond acceptors (Lipinski definition) is 9. The molecule has 0 bridgehead atoms. The van der Waals surface area contributed by atoms with E-state index in [-0.39, 0.29) is 24.0 Å². The lowest BCUT2D eigenvalue weighted by atomic mass is 10.0. The number of nitrogens with one attached hydrogen (secondary N) is 1. The Morgan fingerprint density at radius 3 is 2.29 bits per heavy atom. The second kappa shape index (κ2) is 13.2. The summed E-state index contributed by atoms with van der Waals surface area (Å²) in [6.45, 7) is 3.24. The first kappa shape index (κ1) is 32.2. The predicted molar refractivity (Wildman–Crippen MR) is 183 cm³/mol. The van der Waals surface area contributed by atoms with Gasteiger partial charge in [0, 0.05) is 49.2 Å². The summed E-state index contributed by atoms with van der Waals surface area (Å²) < 4.78 is 6.43. The van der Waals surface area contributed by atoms with Crippen molar-refractivity contribution in [3.63, 3.8) is 0 Å². The molecule has 2 saturated heterocycles. The number of nitrogens with two attached hydrogens (primary N) is 1. The molecule has 12 nitrogen and oxygen atoms in total. The molecule has 0 aliphatic carbocycles. The van der Waals surface area contributed by atoms with Crippen LogP contribution in [0.2, 0.25) is 0 Å². The number of halogens is 1. The second-order valence-corrected chi connectivity index (χ2v) is 12.8. The van der Waals surface area contributed by atoms with Gasteiger partial charge in [-0.05, 0) is 82.5 Å². The number of pyridine rings is 1. The quantitative estimate of drug-likeness (QED) is 0.256. The van der Waals surface area contributed by atoms with Gasteiger partial charge in [-0.1, -0.05) is 24.3 Å². The summed E-state index contributed by atoms with van der Waals surface area (Å²) in [6.07, 6.45) is 0.161. The zero-order chi connectivity index (χ0) is 34.2. The number of benzene rings is 3. The van der Waals surface area contributed by atoms with Crippen molar-refractivity contribution < 1.29 is 28.7 Å². The molecule has 49 heavy (non-hydrogen) atoms. The van der Waals surface area contributed by atoms with Gasteiger partial charge in [-0.15, -0.1) is 0 Å². The van der Waals surface area contributed by atoms with Gasteiger partial charge < -0.3 is 15.4 Å². The zero-order valence-electron chi connectivity index (χ0n) is 26.2. The van der Waals surface area contributed by atoms with Crippen LogP contribution >= 0.6 is 15.9 Å². The Balaban J connectivity index is 1.03. The summed E-state index contributed by atoms with van der Waals surface area (Å²) in [5.74, 6) is -0.618. The van der Waals surface area contributed by atoms with E-state index >= 15 is 0 Å². The van der Waals surface area contributed by atoms with Crippen molar-refractivity contribution in [1.82, 2.24) is 20.1 Å². The number of piperidine rings is 1. The molecule has 13 heteroatoms. The molecule has 1 unspecified atom stereocenters. The first-order valence-corrected chi connectivity index (χ1v) is 16.6. The second-order valence-electron chi connectivity index (χ2n) is 12.0. The van der Waals surface area contributed by atoms with Crippen LogP contribution in [0.15, 0.2) is 83.3 Å². The van der Waals surface area contributed by atoms with Crippen LogP contribution in [0.5, 0.6) is 11.5 Å². The number of fused-ring (bicyclic) bond motifs is 1. The molecule has 3 aromatic carbocycles. The van der Waals surface area contributed by atoms with Crippen LogP contribution in [0.1, 0.15) is 49.5 Å². The Morgan fingerprint density at radius 1 is 0.878 bits per heavy atom. The topological polar surface area (TPSA) is 155 Å². The summed E-state index contributed by atoms with van der Waals surface area (Å²) in [7, 11) is 0. The van der Waals surface area contributed by atoms with E-state index in [2.05, 4.69) is 31.0 Å². The molecule has 3 N–H and O–H groups in total. The van der Waals surface area contributed by atoms with E-state index in [0.29, 0.717) is 54.2 Å². The van der Waals surface area contributed by atoms with E-state index < -0.39 is 35.6 Å². The van der Waals surface area contributed by atoms with Gasteiger partial charge in [0.15, 0.2) is 0 Å². The molecule has 4 aromatic rings. The number of piperazine rings is 1. The number of ether oxygens (including phenoxy) is 1. The van der Waals surface area contributed by atoms with Gasteiger partial charge in [-0.25, -0.2) is 4.98 Å². The van der Waals surface area contributed by atoms with Crippen LogP contribution in [0.4, 0.5) is 5.82 Å². The normalized spacial score (nSPS) is 18.0. The average molecular weight is 724 g/mol. The number of amides is 5. The number of carbonyl (C=O) groups excluding carboxylic acids is 5. The van der Waals surface area contributed by atoms with Gasteiger partial charge >= 0.3 is 0 Å². The molecule has 4 heterocycles. The van der Waals surface area contributed by atoms with E-state index in [1.54, 1.807) is 18.2 Å². The number of imide groups is 2. The van der Waals surface area contributed by atoms with Gasteiger partial charge in [-0.3, -0.25) is 39.1 Å². The lowest BCUT2D eigenvalue weighted by molar-refractivity contribution is -0.136. The third-order valence-corrected chi connectivity index (χ3v) is 9.87. The van der Waals surface area contributed by atoms with Gasteiger partial charge in [0.05, 0.1) is 22.4 Å². The van der Waals surface area contributed by atoms with Crippen LogP contribution in [0, 0.1) is 0 Å². The number of carbonyl (C=O) groups is 5. The van der Waals surface area contributed by atoms with Gasteiger partial charge in [0.2, 0.25) is 11.8 Å². The number of anilines is 1. The molecule has 0 saturated carbocycles. The molecule has 0 radical (unpaired) electrons. The highest BCUT2D eigenvalue weighted by Crippen LogP contribution is 2.35. The first-order chi connectivity index (χ1) is 23.7. The third kappa shape index (κ3) is 6.30.